The molecule has 28 heavy (non-hydrogen) atoms. The number of rotatable bonds is 8. The van der Waals surface area contributed by atoms with Crippen LogP contribution in [0.5, 0.6) is 17.2 Å². The molecule has 2 aromatic rings. The molecule has 1 fully saturated rings. The van der Waals surface area contributed by atoms with Crippen molar-refractivity contribution in [2.75, 3.05) is 50.7 Å². The standard InChI is InChI=1S/C21H27N3O4/c1-26-18-13-19(27-2)15-20(14-18)28-12-9-22-21(25)23-16-5-7-17(8-6-16)24-10-3-4-11-24/h5-8,13-15H,3-4,9-12H2,1-2H3,(H2,22,23,25). The third-order valence-electron chi connectivity index (χ3n) is 4.58. The molecule has 2 N–H and O–H groups in total. The maximum Gasteiger partial charge on any atom is 0.319 e. The molecule has 0 bridgehead atoms. The van der Waals surface area contributed by atoms with Crippen LogP contribution in [0.3, 0.4) is 0 Å². The smallest absolute Gasteiger partial charge is 0.319 e. The zero-order chi connectivity index (χ0) is 19.8. The van der Waals surface area contributed by atoms with E-state index in [1.165, 1.54) is 18.5 Å². The Labute approximate surface area is 165 Å². The van der Waals surface area contributed by atoms with E-state index in [-0.39, 0.29) is 6.03 Å². The van der Waals surface area contributed by atoms with E-state index >= 15 is 0 Å². The molecule has 0 radical (unpaired) electrons. The summed E-state index contributed by atoms with van der Waals surface area (Å²) in [5, 5.41) is 5.61. The van der Waals surface area contributed by atoms with E-state index in [1.54, 1.807) is 32.4 Å². The highest BCUT2D eigenvalue weighted by molar-refractivity contribution is 5.89. The molecular weight excluding hydrogens is 358 g/mol. The zero-order valence-electron chi connectivity index (χ0n) is 16.4. The second kappa shape index (κ2) is 9.73. The van der Waals surface area contributed by atoms with Crippen molar-refractivity contribution in [1.29, 1.82) is 0 Å². The molecule has 0 atom stereocenters. The Morgan fingerprint density at radius 3 is 2.18 bits per heavy atom. The van der Waals surface area contributed by atoms with Crippen molar-refractivity contribution >= 4 is 17.4 Å². The number of methoxy groups -OCH3 is 2. The van der Waals surface area contributed by atoms with Gasteiger partial charge in [-0.1, -0.05) is 0 Å². The Morgan fingerprint density at radius 1 is 0.964 bits per heavy atom. The molecule has 1 aliphatic heterocycles. The van der Waals surface area contributed by atoms with E-state index < -0.39 is 0 Å². The lowest BCUT2D eigenvalue weighted by Crippen LogP contribution is -2.32. The summed E-state index contributed by atoms with van der Waals surface area (Å²) in [6.45, 7) is 2.91. The molecule has 0 aliphatic carbocycles. The normalized spacial score (nSPS) is 13.1. The third kappa shape index (κ3) is 5.45. The van der Waals surface area contributed by atoms with E-state index in [9.17, 15) is 4.79 Å². The van der Waals surface area contributed by atoms with Crippen LogP contribution in [0.15, 0.2) is 42.5 Å². The molecule has 0 saturated carbocycles. The number of hydrogen-bond acceptors (Lipinski definition) is 5. The largest absolute Gasteiger partial charge is 0.496 e. The minimum atomic E-state index is -0.263. The van der Waals surface area contributed by atoms with Gasteiger partial charge in [0.1, 0.15) is 23.9 Å². The van der Waals surface area contributed by atoms with E-state index in [2.05, 4.69) is 15.5 Å². The first-order valence-corrected chi connectivity index (χ1v) is 9.43. The summed E-state index contributed by atoms with van der Waals surface area (Å²) in [5.74, 6) is 1.92. The molecule has 150 valence electrons. The van der Waals surface area contributed by atoms with Gasteiger partial charge in [0.25, 0.3) is 0 Å². The number of nitrogens with one attached hydrogen (secondary N) is 2. The first kappa shape index (κ1) is 19.7. The Balaban J connectivity index is 1.41. The molecular formula is C21H27N3O4. The minimum absolute atomic E-state index is 0.263. The van der Waals surface area contributed by atoms with Crippen LogP contribution in [0.1, 0.15) is 12.8 Å². The number of benzene rings is 2. The minimum Gasteiger partial charge on any atom is -0.496 e. The highest BCUT2D eigenvalue weighted by Crippen LogP contribution is 2.27. The lowest BCUT2D eigenvalue weighted by molar-refractivity contribution is 0.247. The van der Waals surface area contributed by atoms with Crippen LogP contribution in [0, 0.1) is 0 Å². The second-order valence-corrected chi connectivity index (χ2v) is 6.52. The number of ether oxygens (including phenoxy) is 3. The maximum atomic E-state index is 12.0. The molecule has 0 spiro atoms. The van der Waals surface area contributed by atoms with Gasteiger partial charge in [0.2, 0.25) is 0 Å². The molecule has 2 amide bonds. The Bertz CT molecular complexity index is 751. The molecule has 0 unspecified atom stereocenters. The summed E-state index contributed by atoms with van der Waals surface area (Å²) in [4.78, 5) is 14.4. The van der Waals surface area contributed by atoms with Gasteiger partial charge in [-0.05, 0) is 37.1 Å². The SMILES string of the molecule is COc1cc(OC)cc(OCCNC(=O)Nc2ccc(N3CCCC3)cc2)c1. The lowest BCUT2D eigenvalue weighted by atomic mass is 10.2. The number of amides is 2. The van der Waals surface area contributed by atoms with Crippen LogP contribution >= 0.6 is 0 Å². The topological polar surface area (TPSA) is 72.1 Å². The molecule has 1 aliphatic rings. The quantitative estimate of drug-likeness (QED) is 0.681. The zero-order valence-corrected chi connectivity index (χ0v) is 16.4. The number of anilines is 2. The van der Waals surface area contributed by atoms with Gasteiger partial charge < -0.3 is 29.7 Å². The summed E-state index contributed by atoms with van der Waals surface area (Å²) in [7, 11) is 3.17. The van der Waals surface area contributed by atoms with E-state index in [0.717, 1.165) is 18.8 Å². The third-order valence-corrected chi connectivity index (χ3v) is 4.58. The fourth-order valence-corrected chi connectivity index (χ4v) is 3.10. The predicted molar refractivity (Wildman–Crippen MR) is 110 cm³/mol. The molecule has 0 aromatic heterocycles. The van der Waals surface area contributed by atoms with Gasteiger partial charge >= 0.3 is 6.03 Å². The van der Waals surface area contributed by atoms with E-state index in [4.69, 9.17) is 14.2 Å². The highest BCUT2D eigenvalue weighted by atomic mass is 16.5. The molecule has 2 aromatic carbocycles. The fourth-order valence-electron chi connectivity index (χ4n) is 3.10. The summed E-state index contributed by atoms with van der Waals surface area (Å²) in [6.07, 6.45) is 2.49. The molecule has 7 nitrogen and oxygen atoms in total. The van der Waals surface area contributed by atoms with Crippen LogP contribution in [0.25, 0.3) is 0 Å². The summed E-state index contributed by atoms with van der Waals surface area (Å²) in [5.41, 5.74) is 1.96. The second-order valence-electron chi connectivity index (χ2n) is 6.52. The Kier molecular flexibility index (Phi) is 6.84. The fraction of sp³-hybridized carbons (Fsp3) is 0.381. The number of hydrogen-bond donors (Lipinski definition) is 2. The summed E-state index contributed by atoms with van der Waals surface area (Å²) in [6, 6.07) is 13.0. The molecule has 1 heterocycles. The maximum absolute atomic E-state index is 12.0. The lowest BCUT2D eigenvalue weighted by Gasteiger charge is -2.17. The van der Waals surface area contributed by atoms with Gasteiger partial charge in [-0.2, -0.15) is 0 Å². The summed E-state index contributed by atoms with van der Waals surface area (Å²) >= 11 is 0. The van der Waals surface area contributed by atoms with Crippen LogP contribution < -0.4 is 29.7 Å². The average Bonchev–Trinajstić information content (AvgIpc) is 3.26. The first-order valence-electron chi connectivity index (χ1n) is 9.43. The van der Waals surface area contributed by atoms with Crippen molar-refractivity contribution in [3.63, 3.8) is 0 Å². The van der Waals surface area contributed by atoms with Gasteiger partial charge in [-0.15, -0.1) is 0 Å². The molecule has 3 rings (SSSR count). The number of carbonyl (C=O) groups is 1. The first-order chi connectivity index (χ1) is 13.7. The summed E-state index contributed by atoms with van der Waals surface area (Å²) < 4.78 is 16.1. The molecule has 1 saturated heterocycles. The average molecular weight is 385 g/mol. The van der Waals surface area contributed by atoms with Gasteiger partial charge in [-0.3, -0.25) is 0 Å². The number of carbonyl (C=O) groups excluding carboxylic acids is 1. The highest BCUT2D eigenvalue weighted by Gasteiger charge is 2.12. The predicted octanol–water partition coefficient (Wildman–Crippen LogP) is 3.50. The Hall–Kier alpha value is -3.09. The Morgan fingerprint density at radius 2 is 1.57 bits per heavy atom. The number of urea groups is 1. The van der Waals surface area contributed by atoms with Gasteiger partial charge in [0, 0.05) is 42.7 Å². The van der Waals surface area contributed by atoms with Crippen LogP contribution in [-0.4, -0.2) is 46.5 Å². The van der Waals surface area contributed by atoms with Crippen molar-refractivity contribution < 1.29 is 19.0 Å². The van der Waals surface area contributed by atoms with E-state index in [0.29, 0.717) is 30.4 Å². The molecule has 7 heteroatoms. The van der Waals surface area contributed by atoms with Crippen molar-refractivity contribution in [1.82, 2.24) is 5.32 Å². The van der Waals surface area contributed by atoms with Gasteiger partial charge in [-0.25, -0.2) is 4.79 Å². The van der Waals surface area contributed by atoms with Crippen molar-refractivity contribution in [3.05, 3.63) is 42.5 Å². The number of nitrogens with zero attached hydrogens (tertiary/aromatic N) is 1. The van der Waals surface area contributed by atoms with Crippen LogP contribution in [0.4, 0.5) is 16.2 Å². The van der Waals surface area contributed by atoms with Crippen molar-refractivity contribution in [2.45, 2.75) is 12.8 Å². The monoisotopic (exact) mass is 385 g/mol. The van der Waals surface area contributed by atoms with Crippen molar-refractivity contribution in [2.24, 2.45) is 0 Å². The van der Waals surface area contributed by atoms with Gasteiger partial charge in [0.05, 0.1) is 20.8 Å². The van der Waals surface area contributed by atoms with Crippen molar-refractivity contribution in [3.8, 4) is 17.2 Å². The van der Waals surface area contributed by atoms with E-state index in [1.807, 2.05) is 24.3 Å². The van der Waals surface area contributed by atoms with Crippen LogP contribution in [0.2, 0.25) is 0 Å². The van der Waals surface area contributed by atoms with Crippen LogP contribution in [-0.2, 0) is 0 Å². The van der Waals surface area contributed by atoms with Gasteiger partial charge in [0.15, 0.2) is 0 Å².